The van der Waals surface area contributed by atoms with E-state index < -0.39 is 5.41 Å². The van der Waals surface area contributed by atoms with Crippen molar-refractivity contribution in [1.82, 2.24) is 9.55 Å². The number of benzene rings is 3. The van der Waals surface area contributed by atoms with Gasteiger partial charge in [0.25, 0.3) is 0 Å². The fourth-order valence-corrected chi connectivity index (χ4v) is 5.15. The Morgan fingerprint density at radius 1 is 1.00 bits per heavy atom. The molecule has 0 fully saturated rings. The van der Waals surface area contributed by atoms with E-state index in [1.54, 1.807) is 36.5 Å². The van der Waals surface area contributed by atoms with Crippen molar-refractivity contribution in [2.75, 3.05) is 0 Å². The smallest absolute Gasteiger partial charge is 0.173 e. The lowest BCUT2D eigenvalue weighted by molar-refractivity contribution is 0.280. The third-order valence-electron chi connectivity index (χ3n) is 5.83. The summed E-state index contributed by atoms with van der Waals surface area (Å²) >= 11 is 13.8. The summed E-state index contributed by atoms with van der Waals surface area (Å²) in [5.74, 6) is -0.453. The van der Waals surface area contributed by atoms with Crippen LogP contribution in [0, 0.1) is 11.6 Å². The van der Waals surface area contributed by atoms with Gasteiger partial charge in [-0.15, -0.1) is 0 Å². The Kier molecular flexibility index (Phi) is 7.33. The number of thioether (sulfide) groups is 1. The molecule has 3 aromatic carbocycles. The molecule has 0 atom stereocenters. The summed E-state index contributed by atoms with van der Waals surface area (Å²) < 4.78 is 30.1. The number of aliphatic hydroxyl groups excluding tert-OH is 1. The molecule has 0 unspecified atom stereocenters. The number of aliphatic hydroxyl groups is 1. The monoisotopic (exact) mass is 518 g/mol. The Labute approximate surface area is 211 Å². The van der Waals surface area contributed by atoms with E-state index in [0.717, 1.165) is 16.9 Å². The molecule has 0 aliphatic carbocycles. The normalized spacial score (nSPS) is 11.7. The Bertz CT molecular complexity index is 1320. The third-order valence-corrected chi connectivity index (χ3v) is 7.55. The van der Waals surface area contributed by atoms with Crippen LogP contribution in [-0.4, -0.2) is 14.7 Å². The number of rotatable bonds is 7. The van der Waals surface area contributed by atoms with Crippen molar-refractivity contribution in [2.45, 2.75) is 36.8 Å². The molecule has 1 N–H and O–H groups in total. The average molecular weight is 519 g/mol. The van der Waals surface area contributed by atoms with E-state index in [0.29, 0.717) is 26.3 Å². The second-order valence-electron chi connectivity index (χ2n) is 8.32. The fraction of sp³-hybridized carbons (Fsp3) is 0.192. The van der Waals surface area contributed by atoms with Crippen LogP contribution >= 0.6 is 35.0 Å². The molecule has 0 bridgehead atoms. The summed E-state index contributed by atoms with van der Waals surface area (Å²) in [5.41, 5.74) is 2.91. The van der Waals surface area contributed by atoms with Gasteiger partial charge >= 0.3 is 0 Å². The molecule has 34 heavy (non-hydrogen) atoms. The highest BCUT2D eigenvalue weighted by Crippen LogP contribution is 2.38. The minimum absolute atomic E-state index is 0.254. The maximum Gasteiger partial charge on any atom is 0.173 e. The molecular formula is C26H22Cl2F2N2OS. The SMILES string of the molecule is CC(C)(c1ccc(Cl)c(Cl)c1)c1cnc(SCc2c(F)cccc2CO)n1-c1ccc(F)cc1. The van der Waals surface area contributed by atoms with Crippen LogP contribution in [0.2, 0.25) is 10.0 Å². The first-order valence-electron chi connectivity index (χ1n) is 10.5. The van der Waals surface area contributed by atoms with Crippen molar-refractivity contribution in [2.24, 2.45) is 0 Å². The maximum atomic E-state index is 14.5. The van der Waals surface area contributed by atoms with Gasteiger partial charge in [0.05, 0.1) is 28.5 Å². The van der Waals surface area contributed by atoms with E-state index in [2.05, 4.69) is 4.98 Å². The molecule has 4 aromatic rings. The van der Waals surface area contributed by atoms with Gasteiger partial charge in [-0.3, -0.25) is 4.57 Å². The van der Waals surface area contributed by atoms with Crippen molar-refractivity contribution in [1.29, 1.82) is 0 Å². The predicted octanol–water partition coefficient (Wildman–Crippen LogP) is 7.57. The van der Waals surface area contributed by atoms with Crippen molar-refractivity contribution in [3.8, 4) is 5.69 Å². The molecule has 4 rings (SSSR count). The summed E-state index contributed by atoms with van der Waals surface area (Å²) in [6, 6.07) is 16.3. The maximum absolute atomic E-state index is 14.5. The quantitative estimate of drug-likeness (QED) is 0.256. The second-order valence-corrected chi connectivity index (χ2v) is 10.1. The number of imidazole rings is 1. The average Bonchev–Trinajstić information content (AvgIpc) is 3.25. The number of nitrogens with zero attached hydrogens (tertiary/aromatic N) is 2. The van der Waals surface area contributed by atoms with Gasteiger partial charge in [0, 0.05) is 22.4 Å². The number of aromatic nitrogens is 2. The number of halogens is 4. The Hall–Kier alpha value is -2.38. The standard InChI is InChI=1S/C26H22Cl2F2N2OS/c1-26(2,17-6-11-21(27)22(28)12-17)24-13-31-25(32(24)19-9-7-18(29)8-10-19)34-15-20-16(14-33)4-3-5-23(20)30/h3-13,33H,14-15H2,1-2H3. The summed E-state index contributed by atoms with van der Waals surface area (Å²) in [7, 11) is 0. The van der Waals surface area contributed by atoms with Crippen LogP contribution in [0.3, 0.4) is 0 Å². The highest BCUT2D eigenvalue weighted by atomic mass is 35.5. The molecule has 0 saturated carbocycles. The summed E-state index contributed by atoms with van der Waals surface area (Å²) in [4.78, 5) is 4.64. The van der Waals surface area contributed by atoms with Crippen LogP contribution in [-0.2, 0) is 17.8 Å². The molecule has 1 heterocycles. The fourth-order valence-electron chi connectivity index (χ4n) is 3.80. The van der Waals surface area contributed by atoms with E-state index in [1.165, 1.54) is 30.0 Å². The highest BCUT2D eigenvalue weighted by molar-refractivity contribution is 7.98. The molecule has 3 nitrogen and oxygen atoms in total. The van der Waals surface area contributed by atoms with Gasteiger partial charge in [0.15, 0.2) is 5.16 Å². The van der Waals surface area contributed by atoms with Gasteiger partial charge in [0.1, 0.15) is 11.6 Å². The van der Waals surface area contributed by atoms with Crippen LogP contribution in [0.1, 0.15) is 36.2 Å². The Morgan fingerprint density at radius 3 is 2.41 bits per heavy atom. The largest absolute Gasteiger partial charge is 0.392 e. The molecule has 176 valence electrons. The Balaban J connectivity index is 1.79. The molecular weight excluding hydrogens is 497 g/mol. The van der Waals surface area contributed by atoms with Crippen LogP contribution < -0.4 is 0 Å². The lowest BCUT2D eigenvalue weighted by Crippen LogP contribution is -2.23. The van der Waals surface area contributed by atoms with E-state index >= 15 is 0 Å². The third kappa shape index (κ3) is 4.86. The van der Waals surface area contributed by atoms with Gasteiger partial charge in [-0.2, -0.15) is 0 Å². The molecule has 0 saturated heterocycles. The molecule has 1 aromatic heterocycles. The van der Waals surface area contributed by atoms with Gasteiger partial charge in [0.2, 0.25) is 0 Å². The molecule has 0 aliphatic rings. The molecule has 8 heteroatoms. The predicted molar refractivity (Wildman–Crippen MR) is 134 cm³/mol. The lowest BCUT2D eigenvalue weighted by atomic mass is 9.81. The number of hydrogen-bond donors (Lipinski definition) is 1. The van der Waals surface area contributed by atoms with Crippen molar-refractivity contribution in [3.05, 3.63) is 111 Å². The van der Waals surface area contributed by atoms with Crippen molar-refractivity contribution in [3.63, 3.8) is 0 Å². The topological polar surface area (TPSA) is 38.1 Å². The van der Waals surface area contributed by atoms with Gasteiger partial charge in [-0.25, -0.2) is 13.8 Å². The first-order chi connectivity index (χ1) is 16.2. The van der Waals surface area contributed by atoms with Crippen LogP contribution in [0.15, 0.2) is 72.0 Å². The lowest BCUT2D eigenvalue weighted by Gasteiger charge is -2.28. The van der Waals surface area contributed by atoms with Crippen molar-refractivity contribution >= 4 is 35.0 Å². The van der Waals surface area contributed by atoms with Crippen LogP contribution in [0.4, 0.5) is 8.78 Å². The van der Waals surface area contributed by atoms with Gasteiger partial charge in [-0.1, -0.05) is 67.0 Å². The molecule has 0 spiro atoms. The summed E-state index contributed by atoms with van der Waals surface area (Å²) in [6.07, 6.45) is 1.77. The van der Waals surface area contributed by atoms with Gasteiger partial charge < -0.3 is 5.11 Å². The minimum atomic E-state index is -0.539. The van der Waals surface area contributed by atoms with E-state index in [1.807, 2.05) is 30.5 Å². The van der Waals surface area contributed by atoms with Crippen molar-refractivity contribution < 1.29 is 13.9 Å². The minimum Gasteiger partial charge on any atom is -0.392 e. The van der Waals surface area contributed by atoms with Crippen LogP contribution in [0.25, 0.3) is 5.69 Å². The zero-order valence-electron chi connectivity index (χ0n) is 18.5. The first-order valence-corrected chi connectivity index (χ1v) is 12.3. The van der Waals surface area contributed by atoms with Gasteiger partial charge in [-0.05, 0) is 53.6 Å². The molecule has 0 radical (unpaired) electrons. The first kappa shape index (κ1) is 24.7. The highest BCUT2D eigenvalue weighted by Gasteiger charge is 2.30. The van der Waals surface area contributed by atoms with E-state index in [-0.39, 0.29) is 24.0 Å². The molecule has 0 aliphatic heterocycles. The molecule has 0 amide bonds. The van der Waals surface area contributed by atoms with E-state index in [9.17, 15) is 13.9 Å². The zero-order chi connectivity index (χ0) is 24.5. The Morgan fingerprint density at radius 2 is 1.74 bits per heavy atom. The van der Waals surface area contributed by atoms with E-state index in [4.69, 9.17) is 23.2 Å². The number of hydrogen-bond acceptors (Lipinski definition) is 3. The summed E-state index contributed by atoms with van der Waals surface area (Å²) in [5, 5.41) is 11.2. The van der Waals surface area contributed by atoms with Crippen LogP contribution in [0.5, 0.6) is 0 Å². The second kappa shape index (κ2) is 10.1. The zero-order valence-corrected chi connectivity index (χ0v) is 20.9. The summed E-state index contributed by atoms with van der Waals surface area (Å²) in [6.45, 7) is 3.83.